The van der Waals surface area contributed by atoms with Crippen molar-refractivity contribution in [2.24, 2.45) is 0 Å². The van der Waals surface area contributed by atoms with Gasteiger partial charge in [0, 0.05) is 23.8 Å². The summed E-state index contributed by atoms with van der Waals surface area (Å²) in [7, 11) is 0.744. The Morgan fingerprint density at radius 3 is 2.16 bits per heavy atom. The summed E-state index contributed by atoms with van der Waals surface area (Å²) in [6.07, 6.45) is 0. The van der Waals surface area contributed by atoms with Crippen LogP contribution in [0.2, 0.25) is 18.1 Å². The van der Waals surface area contributed by atoms with E-state index in [0.717, 1.165) is 4.90 Å². The molecule has 1 heterocycles. The lowest BCUT2D eigenvalue weighted by Gasteiger charge is -2.37. The first kappa shape index (κ1) is 27.8. The van der Waals surface area contributed by atoms with E-state index in [1.807, 2.05) is 25.2 Å². The van der Waals surface area contributed by atoms with E-state index in [9.17, 15) is 4.79 Å². The van der Waals surface area contributed by atoms with Gasteiger partial charge in [0.15, 0.2) is 11.5 Å². The molecule has 38 heavy (non-hydrogen) atoms. The summed E-state index contributed by atoms with van der Waals surface area (Å²) in [6, 6.07) is 14.3. The molecule has 0 radical (unpaired) electrons. The minimum absolute atomic E-state index is 0.131. The second-order valence-corrected chi connectivity index (χ2v) is 16.2. The monoisotopic (exact) mass is 558 g/mol. The van der Waals surface area contributed by atoms with Gasteiger partial charge in [-0.1, -0.05) is 32.9 Å². The molecule has 4 rings (SSSR count). The van der Waals surface area contributed by atoms with Crippen molar-refractivity contribution in [2.75, 3.05) is 23.4 Å². The Morgan fingerprint density at radius 1 is 0.921 bits per heavy atom. The van der Waals surface area contributed by atoms with Crippen LogP contribution in [0.4, 0.5) is 25.0 Å². The molecule has 1 aliphatic rings. The maximum atomic E-state index is 15.4. The van der Waals surface area contributed by atoms with E-state index in [4.69, 9.17) is 13.9 Å². The molecule has 0 aliphatic carbocycles. The summed E-state index contributed by atoms with van der Waals surface area (Å²) in [5.74, 6) is -0.395. The maximum Gasteiger partial charge on any atom is 0.339 e. The van der Waals surface area contributed by atoms with Gasteiger partial charge in [-0.25, -0.2) is 17.9 Å². The zero-order chi connectivity index (χ0) is 27.8. The van der Waals surface area contributed by atoms with Crippen LogP contribution in [0.15, 0.2) is 59.5 Å². The fraction of sp³-hybridized carbons (Fsp3) is 0.321. The highest BCUT2D eigenvalue weighted by Crippen LogP contribution is 2.44. The number of carbonyl (C=O) groups is 1. The van der Waals surface area contributed by atoms with Crippen molar-refractivity contribution in [3.05, 3.63) is 71.8 Å². The number of hydrogen-bond acceptors (Lipinski definition) is 5. The fourth-order valence-electron chi connectivity index (χ4n) is 3.77. The molecule has 0 N–H and O–H groups in total. The van der Waals surface area contributed by atoms with Crippen LogP contribution >= 0.6 is 11.9 Å². The van der Waals surface area contributed by atoms with E-state index in [1.54, 1.807) is 30.3 Å². The van der Waals surface area contributed by atoms with Crippen LogP contribution < -0.4 is 23.1 Å². The van der Waals surface area contributed by atoms with Gasteiger partial charge >= 0.3 is 6.03 Å². The average molecular weight is 559 g/mol. The van der Waals surface area contributed by atoms with Gasteiger partial charge in [-0.2, -0.15) is 0 Å². The predicted octanol–water partition coefficient (Wildman–Crippen LogP) is 8.02. The largest absolute Gasteiger partial charge is 0.543 e. The number of methoxy groups -OCH3 is 2. The molecule has 0 bridgehead atoms. The average Bonchev–Trinajstić information content (AvgIpc) is 2.85. The van der Waals surface area contributed by atoms with Crippen LogP contribution in [0, 0.1) is 11.6 Å². The third-order valence-corrected chi connectivity index (χ3v) is 12.4. The number of halogens is 2. The van der Waals surface area contributed by atoms with Crippen LogP contribution in [0.3, 0.4) is 0 Å². The third kappa shape index (κ3) is 5.33. The van der Waals surface area contributed by atoms with E-state index in [1.165, 1.54) is 47.5 Å². The molecule has 10 heteroatoms. The molecule has 0 saturated carbocycles. The van der Waals surface area contributed by atoms with Crippen LogP contribution in [-0.4, -0.2) is 28.6 Å². The van der Waals surface area contributed by atoms with E-state index < -0.39 is 26.0 Å². The Hall–Kier alpha value is -3.24. The first-order valence-corrected chi connectivity index (χ1v) is 15.8. The number of amides is 2. The van der Waals surface area contributed by atoms with E-state index in [-0.39, 0.29) is 22.9 Å². The quantitative estimate of drug-likeness (QED) is 0.217. The van der Waals surface area contributed by atoms with Crippen molar-refractivity contribution in [1.29, 1.82) is 0 Å². The summed E-state index contributed by atoms with van der Waals surface area (Å²) in [6.45, 7) is 9.91. The molecule has 0 unspecified atom stereocenters. The summed E-state index contributed by atoms with van der Waals surface area (Å²) in [5, 5.41) is -0.131. The molecular formula is C28H32F2N2O4SSi. The van der Waals surface area contributed by atoms with Crippen molar-refractivity contribution in [2.45, 2.75) is 50.3 Å². The van der Waals surface area contributed by atoms with Crippen molar-refractivity contribution in [3.8, 4) is 17.2 Å². The summed E-state index contributed by atoms with van der Waals surface area (Å²) < 4.78 is 49.0. The number of ether oxygens (including phenoxy) is 2. The fourth-order valence-corrected chi connectivity index (χ4v) is 5.79. The van der Waals surface area contributed by atoms with Gasteiger partial charge in [-0.15, -0.1) is 0 Å². The number of anilines is 2. The molecule has 0 fully saturated rings. The van der Waals surface area contributed by atoms with E-state index in [2.05, 4.69) is 20.8 Å². The topological polar surface area (TPSA) is 51.2 Å². The highest BCUT2D eigenvalue weighted by Gasteiger charge is 2.39. The molecular weight excluding hydrogens is 526 g/mol. The van der Waals surface area contributed by atoms with Crippen molar-refractivity contribution >= 4 is 37.7 Å². The molecule has 0 saturated heterocycles. The van der Waals surface area contributed by atoms with Crippen molar-refractivity contribution in [3.63, 3.8) is 0 Å². The third-order valence-electron chi connectivity index (χ3n) is 6.96. The Morgan fingerprint density at radius 2 is 1.55 bits per heavy atom. The summed E-state index contributed by atoms with van der Waals surface area (Å²) >= 11 is 1.23. The Labute approximate surface area is 227 Å². The van der Waals surface area contributed by atoms with Gasteiger partial charge in [-0.05, 0) is 54.3 Å². The van der Waals surface area contributed by atoms with Gasteiger partial charge in [0.25, 0.3) is 0 Å². The van der Waals surface area contributed by atoms with Gasteiger partial charge in [0.1, 0.15) is 17.4 Å². The molecule has 3 aromatic rings. The van der Waals surface area contributed by atoms with Crippen LogP contribution in [-0.2, 0) is 6.54 Å². The Balaban J connectivity index is 1.69. The maximum absolute atomic E-state index is 15.4. The molecule has 1 aliphatic heterocycles. The predicted molar refractivity (Wildman–Crippen MR) is 150 cm³/mol. The number of fused-ring (bicyclic) bond motifs is 1. The van der Waals surface area contributed by atoms with Crippen LogP contribution in [0.5, 0.6) is 17.2 Å². The number of carbonyl (C=O) groups excluding carboxylic acids is 1. The molecule has 2 amide bonds. The molecule has 0 spiro atoms. The second-order valence-electron chi connectivity index (χ2n) is 10.5. The van der Waals surface area contributed by atoms with Crippen LogP contribution in [0.1, 0.15) is 26.3 Å². The zero-order valence-electron chi connectivity index (χ0n) is 22.6. The first-order valence-electron chi connectivity index (χ1n) is 12.1. The molecule has 202 valence electrons. The van der Waals surface area contributed by atoms with Gasteiger partial charge < -0.3 is 13.9 Å². The number of para-hydroxylation sites is 1. The number of hydrogen-bond donors (Lipinski definition) is 0. The lowest BCUT2D eigenvalue weighted by molar-refractivity contribution is 0.254. The number of nitrogens with zero attached hydrogens (tertiary/aromatic N) is 2. The van der Waals surface area contributed by atoms with Crippen molar-refractivity contribution in [1.82, 2.24) is 0 Å². The zero-order valence-corrected chi connectivity index (χ0v) is 24.4. The van der Waals surface area contributed by atoms with E-state index >= 15 is 8.78 Å². The molecule has 0 aromatic heterocycles. The van der Waals surface area contributed by atoms with Gasteiger partial charge in [-0.3, -0.25) is 4.90 Å². The van der Waals surface area contributed by atoms with Gasteiger partial charge in [0.05, 0.1) is 37.0 Å². The molecule has 3 aromatic carbocycles. The number of rotatable bonds is 7. The van der Waals surface area contributed by atoms with Crippen LogP contribution in [0.25, 0.3) is 0 Å². The first-order chi connectivity index (χ1) is 17.9. The molecule has 6 nitrogen and oxygen atoms in total. The van der Waals surface area contributed by atoms with E-state index in [0.29, 0.717) is 22.9 Å². The SMILES string of the molecule is COc1ccc(N2Sc3ccccc3N(Cc3c(F)cc(O[Si](C)(C)C(C)(C)C)cc3F)C2=O)cc1OC. The minimum atomic E-state index is -2.30. The normalized spacial score (nSPS) is 13.9. The summed E-state index contributed by atoms with van der Waals surface area (Å²) in [4.78, 5) is 15.9. The highest BCUT2D eigenvalue weighted by atomic mass is 32.2. The summed E-state index contributed by atoms with van der Waals surface area (Å²) in [5.41, 5.74) is 0.894. The number of urea groups is 1. The minimum Gasteiger partial charge on any atom is -0.543 e. The highest BCUT2D eigenvalue weighted by molar-refractivity contribution is 8.01. The van der Waals surface area contributed by atoms with Gasteiger partial charge in [0.2, 0.25) is 8.32 Å². The standard InChI is InChI=1S/C28H32F2N2O4SSi/c1-28(2,3)38(6,7)36-19-15-21(29)20(22(30)16-19)17-31-23-10-8-9-11-26(23)37-32(27(31)33)18-12-13-24(34-4)25(14-18)35-5/h8-16H,17H2,1-7H3. The van der Waals surface area contributed by atoms with Crippen molar-refractivity contribution < 1.29 is 27.5 Å². The second kappa shape index (κ2) is 10.5. The lowest BCUT2D eigenvalue weighted by atomic mass is 10.1. The lowest BCUT2D eigenvalue weighted by Crippen LogP contribution is -2.44. The Kier molecular flexibility index (Phi) is 7.67. The smallest absolute Gasteiger partial charge is 0.339 e. The molecule has 0 atom stereocenters. The Bertz CT molecular complexity index is 1340. The number of benzene rings is 3.